The molecule has 0 spiro atoms. The van der Waals surface area contributed by atoms with Gasteiger partial charge in [-0.3, -0.25) is 0 Å². The molecule has 59 valence electrons. The number of benzene rings is 1. The summed E-state index contributed by atoms with van der Waals surface area (Å²) in [5.41, 5.74) is 0.586. The molecule has 0 saturated heterocycles. The maximum absolute atomic E-state index is 9.89. The van der Waals surface area contributed by atoms with Gasteiger partial charge in [0.15, 0.2) is 5.58 Å². The molecule has 4 nitrogen and oxygen atoms in total. The molecular weight excluding hydrogens is 158 g/mol. The topological polar surface area (TPSA) is 52.3 Å². The molecule has 0 unspecified atom stereocenters. The molecule has 0 saturated carbocycles. The van der Waals surface area contributed by atoms with Gasteiger partial charge in [0.1, 0.15) is 0 Å². The van der Waals surface area contributed by atoms with Crippen LogP contribution < -0.4 is 4.74 Å². The zero-order valence-electron chi connectivity index (χ0n) is 5.98. The fourth-order valence-corrected chi connectivity index (χ4v) is 0.976. The van der Waals surface area contributed by atoms with Gasteiger partial charge in [0.2, 0.25) is 0 Å². The van der Waals surface area contributed by atoms with Crippen molar-refractivity contribution in [1.29, 1.82) is 0 Å². The number of fused-ring (bicyclic) bond motifs is 1. The Balaban J connectivity index is 2.62. The van der Waals surface area contributed by atoms with Gasteiger partial charge in [-0.05, 0) is 17.3 Å². The predicted octanol–water partition coefficient (Wildman–Crippen LogP) is 1.27. The van der Waals surface area contributed by atoms with E-state index in [4.69, 9.17) is 4.52 Å². The van der Waals surface area contributed by atoms with Crippen LogP contribution in [0.3, 0.4) is 0 Å². The summed E-state index contributed by atoms with van der Waals surface area (Å²) in [6.45, 7) is 1.29. The van der Waals surface area contributed by atoms with Gasteiger partial charge in [-0.2, -0.15) is 0 Å². The van der Waals surface area contributed by atoms with E-state index in [0.717, 1.165) is 0 Å². The zero-order valence-corrected chi connectivity index (χ0v) is 5.98. The van der Waals surface area contributed by atoms with Crippen LogP contribution in [0.5, 0.6) is 5.88 Å². The minimum Gasteiger partial charge on any atom is -0.395 e. The monoisotopic (exact) mass is 162 g/mol. The molecule has 0 bridgehead atoms. The summed E-state index contributed by atoms with van der Waals surface area (Å²) in [5, 5.41) is 4.19. The first kappa shape index (κ1) is 6.84. The number of nitrogens with zero attached hydrogens (tertiary/aromatic N) is 1. The molecule has 1 aromatic carbocycles. The van der Waals surface area contributed by atoms with Gasteiger partial charge in [0.25, 0.3) is 5.88 Å². The molecule has 4 heteroatoms. The van der Waals surface area contributed by atoms with E-state index in [2.05, 4.69) is 9.89 Å². The van der Waals surface area contributed by atoms with Crippen LogP contribution in [0.1, 0.15) is 0 Å². The summed E-state index contributed by atoms with van der Waals surface area (Å²) < 4.78 is 9.30. The summed E-state index contributed by atoms with van der Waals surface area (Å²) in [6.07, 6.45) is 0. The second kappa shape index (κ2) is 2.65. The van der Waals surface area contributed by atoms with Crippen molar-refractivity contribution in [1.82, 2.24) is 5.16 Å². The second-order valence-corrected chi connectivity index (χ2v) is 2.17. The molecule has 0 N–H and O–H groups in total. The highest BCUT2D eigenvalue weighted by molar-refractivity contribution is 5.82. The predicted molar refractivity (Wildman–Crippen MR) is 40.3 cm³/mol. The first-order valence-corrected chi connectivity index (χ1v) is 3.30. The Morgan fingerprint density at radius 3 is 3.08 bits per heavy atom. The molecule has 0 aliphatic rings. The van der Waals surface area contributed by atoms with Crippen LogP contribution >= 0.6 is 0 Å². The Kier molecular flexibility index (Phi) is 1.51. The zero-order chi connectivity index (χ0) is 8.39. The summed E-state index contributed by atoms with van der Waals surface area (Å²) >= 11 is 0. The second-order valence-electron chi connectivity index (χ2n) is 2.17. The van der Waals surface area contributed by atoms with E-state index in [-0.39, 0.29) is 5.88 Å². The maximum Gasteiger partial charge on any atom is 0.424 e. The molecule has 2 aromatic rings. The molecule has 0 aliphatic heterocycles. The lowest BCUT2D eigenvalue weighted by molar-refractivity contribution is 0.384. The average Bonchev–Trinajstić information content (AvgIpc) is 2.50. The number of hydrogen-bond donors (Lipinski definition) is 0. The Hall–Kier alpha value is -1.84. The first-order chi connectivity index (χ1) is 5.92. The molecule has 0 atom stereocenters. The van der Waals surface area contributed by atoms with Crippen molar-refractivity contribution in [3.05, 3.63) is 24.3 Å². The number of hydrogen-bond acceptors (Lipinski definition) is 4. The van der Waals surface area contributed by atoms with Crippen LogP contribution in [0.25, 0.3) is 11.0 Å². The van der Waals surface area contributed by atoms with Crippen molar-refractivity contribution < 1.29 is 14.1 Å². The summed E-state index contributed by atoms with van der Waals surface area (Å²) in [4.78, 5) is 9.89. The number of rotatable bonds is 2. The lowest BCUT2D eigenvalue weighted by Gasteiger charge is -1.86. The molecule has 2 rings (SSSR count). The van der Waals surface area contributed by atoms with Crippen molar-refractivity contribution in [2.75, 3.05) is 0 Å². The third-order valence-electron chi connectivity index (χ3n) is 1.48. The highest BCUT2D eigenvalue weighted by Crippen LogP contribution is 2.23. The summed E-state index contributed by atoms with van der Waals surface area (Å²) in [6, 6.07) is 7.09. The van der Waals surface area contributed by atoms with E-state index in [1.54, 1.807) is 18.2 Å². The molecule has 0 fully saturated rings. The van der Waals surface area contributed by atoms with E-state index in [1.807, 2.05) is 6.07 Å². The number of ether oxygens (including phenoxy) is 1. The Morgan fingerprint density at radius 1 is 1.42 bits per heavy atom. The van der Waals surface area contributed by atoms with Gasteiger partial charge in [0.05, 0.1) is 5.39 Å². The van der Waals surface area contributed by atoms with Crippen LogP contribution in [0.2, 0.25) is 0 Å². The van der Waals surface area contributed by atoms with E-state index < -0.39 is 0 Å². The van der Waals surface area contributed by atoms with E-state index in [9.17, 15) is 4.79 Å². The van der Waals surface area contributed by atoms with Crippen LogP contribution in [-0.2, 0) is 4.79 Å². The summed E-state index contributed by atoms with van der Waals surface area (Å²) in [7, 11) is 0. The van der Waals surface area contributed by atoms with Gasteiger partial charge in [-0.15, -0.1) is 0 Å². The molecule has 0 amide bonds. The van der Waals surface area contributed by atoms with Gasteiger partial charge < -0.3 is 9.26 Å². The molecule has 12 heavy (non-hydrogen) atoms. The van der Waals surface area contributed by atoms with Crippen LogP contribution in [0.4, 0.5) is 0 Å². The van der Waals surface area contributed by atoms with Crippen molar-refractivity contribution in [2.24, 2.45) is 0 Å². The number of carbonyl (C=O) groups excluding carboxylic acids is 1. The number of aromatic nitrogens is 1. The average molecular weight is 162 g/mol. The minimum atomic E-state index is 0.153. The number of para-hydroxylation sites is 1. The maximum atomic E-state index is 9.89. The molecule has 1 heterocycles. The smallest absolute Gasteiger partial charge is 0.395 e. The Bertz CT molecular complexity index is 407. The lowest BCUT2D eigenvalue weighted by Crippen LogP contribution is -1.87. The van der Waals surface area contributed by atoms with Crippen LogP contribution in [0.15, 0.2) is 28.8 Å². The van der Waals surface area contributed by atoms with Crippen molar-refractivity contribution >= 4 is 17.4 Å². The van der Waals surface area contributed by atoms with Crippen molar-refractivity contribution in [2.45, 2.75) is 0 Å². The van der Waals surface area contributed by atoms with Crippen LogP contribution in [-0.4, -0.2) is 11.6 Å². The largest absolute Gasteiger partial charge is 0.424 e. The quantitative estimate of drug-likeness (QED) is 0.667. The van der Waals surface area contributed by atoms with Crippen LogP contribution in [0, 0.1) is 0 Å². The van der Waals surface area contributed by atoms with E-state index >= 15 is 0 Å². The van der Waals surface area contributed by atoms with Gasteiger partial charge >= 0.3 is 6.47 Å². The van der Waals surface area contributed by atoms with Gasteiger partial charge in [-0.25, -0.2) is 4.79 Å². The first-order valence-electron chi connectivity index (χ1n) is 3.30. The molecule has 1 aromatic heterocycles. The SMILES string of the molecule is O=[C]Oc1noc2ccccc12. The highest BCUT2D eigenvalue weighted by Gasteiger charge is 2.07. The molecule has 0 aliphatic carbocycles. The molecular formula is C8H4NO3. The fraction of sp³-hybridized carbons (Fsp3) is 0. The van der Waals surface area contributed by atoms with E-state index in [1.165, 1.54) is 6.47 Å². The minimum absolute atomic E-state index is 0.153. The van der Waals surface area contributed by atoms with Gasteiger partial charge in [-0.1, -0.05) is 12.1 Å². The fourth-order valence-electron chi connectivity index (χ4n) is 0.976. The van der Waals surface area contributed by atoms with E-state index in [0.29, 0.717) is 11.0 Å². The third-order valence-corrected chi connectivity index (χ3v) is 1.48. The lowest BCUT2D eigenvalue weighted by atomic mass is 10.3. The van der Waals surface area contributed by atoms with Crippen molar-refractivity contribution in [3.63, 3.8) is 0 Å². The normalized spacial score (nSPS) is 10.0. The summed E-state index contributed by atoms with van der Waals surface area (Å²) in [5.74, 6) is 0.153. The highest BCUT2D eigenvalue weighted by atomic mass is 16.6. The van der Waals surface area contributed by atoms with Gasteiger partial charge in [0, 0.05) is 0 Å². The third kappa shape index (κ3) is 0.934. The molecule has 1 radical (unpaired) electrons. The Morgan fingerprint density at radius 2 is 2.25 bits per heavy atom. The standard InChI is InChI=1S/C8H4NO3/c10-5-11-8-6-3-1-2-4-7(6)12-9-8/h1-4H. The van der Waals surface area contributed by atoms with Crippen molar-refractivity contribution in [3.8, 4) is 5.88 Å². The Labute approximate surface area is 67.7 Å².